The van der Waals surface area contributed by atoms with E-state index in [0.29, 0.717) is 6.04 Å². The molecular weight excluding hydrogens is 210 g/mol. The lowest BCUT2D eigenvalue weighted by atomic mass is 10.2. The standard InChI is InChI=1S/C14H27N3/c1-11(2)14-16(7)9-8-15(6)13(5)10-17(14)12(3)4/h12H,5,8-10H2,1-4,6-7H3. The van der Waals surface area contributed by atoms with Gasteiger partial charge in [-0.2, -0.15) is 0 Å². The van der Waals surface area contributed by atoms with Crippen LogP contribution in [0.2, 0.25) is 0 Å². The summed E-state index contributed by atoms with van der Waals surface area (Å²) in [5.41, 5.74) is 2.57. The lowest BCUT2D eigenvalue weighted by Gasteiger charge is -2.42. The van der Waals surface area contributed by atoms with Crippen molar-refractivity contribution in [1.29, 1.82) is 0 Å². The van der Waals surface area contributed by atoms with E-state index in [9.17, 15) is 0 Å². The molecule has 0 unspecified atom stereocenters. The molecule has 3 heteroatoms. The highest BCUT2D eigenvalue weighted by molar-refractivity contribution is 5.13. The van der Waals surface area contributed by atoms with Crippen LogP contribution in [0.5, 0.6) is 0 Å². The Labute approximate surface area is 106 Å². The average Bonchev–Trinajstić information content (AvgIpc) is 2.22. The van der Waals surface area contributed by atoms with E-state index in [1.807, 2.05) is 0 Å². The zero-order chi connectivity index (χ0) is 13.2. The molecule has 0 saturated carbocycles. The molecule has 0 aliphatic carbocycles. The van der Waals surface area contributed by atoms with Crippen molar-refractivity contribution in [3.63, 3.8) is 0 Å². The Morgan fingerprint density at radius 2 is 1.65 bits per heavy atom. The summed E-state index contributed by atoms with van der Waals surface area (Å²) in [6.45, 7) is 16.1. The summed E-state index contributed by atoms with van der Waals surface area (Å²) >= 11 is 0. The number of nitrogens with zero attached hydrogens (tertiary/aromatic N) is 3. The SMILES string of the molecule is C=C1CN(C(C)C)C(=C(C)C)N(C)CCN1C. The normalized spacial score (nSPS) is 18.6. The molecule has 0 N–H and O–H groups in total. The van der Waals surface area contributed by atoms with Gasteiger partial charge in [-0.1, -0.05) is 6.58 Å². The van der Waals surface area contributed by atoms with Gasteiger partial charge in [-0.15, -0.1) is 0 Å². The zero-order valence-electron chi connectivity index (χ0n) is 12.2. The molecule has 1 aliphatic heterocycles. The van der Waals surface area contributed by atoms with E-state index in [1.54, 1.807) is 0 Å². The van der Waals surface area contributed by atoms with Crippen molar-refractivity contribution >= 4 is 0 Å². The van der Waals surface area contributed by atoms with E-state index < -0.39 is 0 Å². The zero-order valence-corrected chi connectivity index (χ0v) is 12.2. The summed E-state index contributed by atoms with van der Waals surface area (Å²) in [6.07, 6.45) is 0. The predicted octanol–water partition coefficient (Wildman–Crippen LogP) is 2.34. The van der Waals surface area contributed by atoms with Gasteiger partial charge in [-0.05, 0) is 33.3 Å². The van der Waals surface area contributed by atoms with Crippen LogP contribution in [0.4, 0.5) is 0 Å². The van der Waals surface area contributed by atoms with Gasteiger partial charge < -0.3 is 14.7 Å². The molecule has 1 rings (SSSR count). The third-order valence-corrected chi connectivity index (χ3v) is 3.37. The molecule has 3 nitrogen and oxygen atoms in total. The summed E-state index contributed by atoms with van der Waals surface area (Å²) < 4.78 is 0. The van der Waals surface area contributed by atoms with E-state index >= 15 is 0 Å². The van der Waals surface area contributed by atoms with Crippen LogP contribution < -0.4 is 0 Å². The van der Waals surface area contributed by atoms with Crippen LogP contribution in [0, 0.1) is 0 Å². The second-order valence-electron chi connectivity index (χ2n) is 5.45. The second-order valence-corrected chi connectivity index (χ2v) is 5.45. The summed E-state index contributed by atoms with van der Waals surface area (Å²) in [4.78, 5) is 7.05. The molecule has 0 aromatic carbocycles. The molecule has 1 aliphatic rings. The van der Waals surface area contributed by atoms with E-state index in [4.69, 9.17) is 0 Å². The first kappa shape index (κ1) is 13.9. The summed E-state index contributed by atoms with van der Waals surface area (Å²) in [5.74, 6) is 1.36. The molecule has 0 spiro atoms. The number of hydrogen-bond donors (Lipinski definition) is 0. The Hall–Kier alpha value is -1.12. The molecule has 17 heavy (non-hydrogen) atoms. The van der Waals surface area contributed by atoms with Gasteiger partial charge in [0, 0.05) is 38.9 Å². The lowest BCUT2D eigenvalue weighted by Crippen LogP contribution is -2.46. The first-order chi connectivity index (χ1) is 7.84. The molecule has 0 aromatic heterocycles. The van der Waals surface area contributed by atoms with E-state index in [-0.39, 0.29) is 0 Å². The number of likely N-dealkylation sites (N-methyl/N-ethyl adjacent to an activating group) is 2. The van der Waals surface area contributed by atoms with Gasteiger partial charge in [-0.3, -0.25) is 0 Å². The van der Waals surface area contributed by atoms with Crippen LogP contribution >= 0.6 is 0 Å². The topological polar surface area (TPSA) is 9.72 Å². The van der Waals surface area contributed by atoms with Crippen molar-refractivity contribution in [2.45, 2.75) is 33.7 Å². The van der Waals surface area contributed by atoms with Crippen LogP contribution in [-0.2, 0) is 0 Å². The Kier molecular flexibility index (Phi) is 4.49. The Morgan fingerprint density at radius 3 is 2.12 bits per heavy atom. The number of hydrogen-bond acceptors (Lipinski definition) is 3. The summed E-state index contributed by atoms with van der Waals surface area (Å²) in [7, 11) is 4.31. The molecule has 0 radical (unpaired) electrons. The smallest absolute Gasteiger partial charge is 0.103 e. The van der Waals surface area contributed by atoms with Crippen molar-refractivity contribution < 1.29 is 0 Å². The highest BCUT2D eigenvalue weighted by Gasteiger charge is 2.22. The minimum atomic E-state index is 0.491. The highest BCUT2D eigenvalue weighted by Crippen LogP contribution is 2.21. The molecule has 1 fully saturated rings. The number of allylic oxidation sites excluding steroid dienone is 1. The van der Waals surface area contributed by atoms with E-state index in [2.05, 4.69) is 63.1 Å². The maximum Gasteiger partial charge on any atom is 0.103 e. The third-order valence-electron chi connectivity index (χ3n) is 3.37. The van der Waals surface area contributed by atoms with Gasteiger partial charge in [0.05, 0.1) is 6.54 Å². The Balaban J connectivity index is 3.07. The average molecular weight is 237 g/mol. The van der Waals surface area contributed by atoms with Gasteiger partial charge in [0.1, 0.15) is 5.82 Å². The maximum atomic E-state index is 4.19. The molecule has 0 amide bonds. The third kappa shape index (κ3) is 3.18. The Morgan fingerprint density at radius 1 is 1.12 bits per heavy atom. The van der Waals surface area contributed by atoms with E-state index in [0.717, 1.165) is 19.6 Å². The Bertz CT molecular complexity index is 313. The van der Waals surface area contributed by atoms with Gasteiger partial charge in [-0.25, -0.2) is 0 Å². The van der Waals surface area contributed by atoms with E-state index in [1.165, 1.54) is 17.1 Å². The van der Waals surface area contributed by atoms with Crippen molar-refractivity contribution in [2.24, 2.45) is 0 Å². The summed E-state index contributed by atoms with van der Waals surface area (Å²) in [5, 5.41) is 0. The minimum Gasteiger partial charge on any atom is -0.375 e. The first-order valence-corrected chi connectivity index (χ1v) is 6.38. The predicted molar refractivity (Wildman–Crippen MR) is 74.6 cm³/mol. The van der Waals surface area contributed by atoms with Crippen molar-refractivity contribution in [3.8, 4) is 0 Å². The fourth-order valence-electron chi connectivity index (χ4n) is 2.27. The van der Waals surface area contributed by atoms with Crippen LogP contribution in [0.25, 0.3) is 0 Å². The minimum absolute atomic E-state index is 0.491. The van der Waals surface area contributed by atoms with Crippen LogP contribution in [0.3, 0.4) is 0 Å². The molecule has 98 valence electrons. The second kappa shape index (κ2) is 5.48. The summed E-state index contributed by atoms with van der Waals surface area (Å²) in [6, 6.07) is 0.491. The van der Waals surface area contributed by atoms with Gasteiger partial charge in [0.15, 0.2) is 0 Å². The van der Waals surface area contributed by atoms with Crippen molar-refractivity contribution in [1.82, 2.24) is 14.7 Å². The lowest BCUT2D eigenvalue weighted by molar-refractivity contribution is 0.164. The fourth-order valence-corrected chi connectivity index (χ4v) is 2.27. The molecule has 0 aromatic rings. The van der Waals surface area contributed by atoms with Gasteiger partial charge >= 0.3 is 0 Å². The van der Waals surface area contributed by atoms with Gasteiger partial charge in [0.25, 0.3) is 0 Å². The molecule has 1 heterocycles. The number of rotatable bonds is 1. The molecule has 0 atom stereocenters. The van der Waals surface area contributed by atoms with Crippen LogP contribution in [-0.4, -0.2) is 54.5 Å². The largest absolute Gasteiger partial charge is 0.375 e. The molecule has 1 saturated heterocycles. The quantitative estimate of drug-likeness (QED) is 0.693. The van der Waals surface area contributed by atoms with Gasteiger partial charge in [0.2, 0.25) is 0 Å². The molecule has 0 bridgehead atoms. The van der Waals surface area contributed by atoms with Crippen molar-refractivity contribution in [3.05, 3.63) is 23.7 Å². The highest BCUT2D eigenvalue weighted by atomic mass is 15.4. The first-order valence-electron chi connectivity index (χ1n) is 6.38. The van der Waals surface area contributed by atoms with Crippen LogP contribution in [0.15, 0.2) is 23.7 Å². The van der Waals surface area contributed by atoms with Crippen molar-refractivity contribution in [2.75, 3.05) is 33.7 Å². The maximum absolute atomic E-state index is 4.19. The van der Waals surface area contributed by atoms with Crippen LogP contribution in [0.1, 0.15) is 27.7 Å². The fraction of sp³-hybridized carbons (Fsp3) is 0.714. The monoisotopic (exact) mass is 237 g/mol. The molecular formula is C14H27N3.